The van der Waals surface area contributed by atoms with Gasteiger partial charge in [-0.1, -0.05) is 32.0 Å². The molecule has 0 aliphatic carbocycles. The van der Waals surface area contributed by atoms with Gasteiger partial charge in [0.25, 0.3) is 0 Å². The molecule has 5 nitrogen and oxygen atoms in total. The van der Waals surface area contributed by atoms with E-state index in [1.807, 2.05) is 13.8 Å². The second-order valence-electron chi connectivity index (χ2n) is 6.39. The lowest BCUT2D eigenvalue weighted by Crippen LogP contribution is -2.32. The minimum atomic E-state index is -4.10. The van der Waals surface area contributed by atoms with Gasteiger partial charge in [0.1, 0.15) is 16.5 Å². The molecule has 0 aromatic heterocycles. The zero-order chi connectivity index (χ0) is 19.3. The van der Waals surface area contributed by atoms with Crippen molar-refractivity contribution in [3.8, 4) is 5.75 Å². The lowest BCUT2D eigenvalue weighted by atomic mass is 10.1. The molecule has 0 fully saturated rings. The SMILES string of the molecule is CC(=O)N(Cc1ccccc1OS(=O)(=O)c1ccc(F)cc1)CC(C)C. The summed E-state index contributed by atoms with van der Waals surface area (Å²) in [5, 5.41) is 0. The van der Waals surface area contributed by atoms with Gasteiger partial charge >= 0.3 is 10.1 Å². The van der Waals surface area contributed by atoms with Crippen LogP contribution in [0.5, 0.6) is 5.75 Å². The fourth-order valence-corrected chi connectivity index (χ4v) is 3.40. The Kier molecular flexibility index (Phi) is 6.37. The highest BCUT2D eigenvalue weighted by molar-refractivity contribution is 7.87. The van der Waals surface area contributed by atoms with E-state index in [0.29, 0.717) is 12.1 Å². The third-order valence-corrected chi connectivity index (χ3v) is 4.91. The van der Waals surface area contributed by atoms with Gasteiger partial charge in [-0.25, -0.2) is 4.39 Å². The predicted molar refractivity (Wildman–Crippen MR) is 96.6 cm³/mol. The maximum absolute atomic E-state index is 13.0. The van der Waals surface area contributed by atoms with Crippen LogP contribution in [0.2, 0.25) is 0 Å². The molecule has 2 rings (SSSR count). The summed E-state index contributed by atoms with van der Waals surface area (Å²) in [6.07, 6.45) is 0. The van der Waals surface area contributed by atoms with Crippen LogP contribution in [0, 0.1) is 11.7 Å². The van der Waals surface area contributed by atoms with Gasteiger partial charge in [-0.15, -0.1) is 0 Å². The summed E-state index contributed by atoms with van der Waals surface area (Å²) >= 11 is 0. The van der Waals surface area contributed by atoms with E-state index in [-0.39, 0.29) is 29.0 Å². The van der Waals surface area contributed by atoms with Crippen LogP contribution in [-0.2, 0) is 21.5 Å². The van der Waals surface area contributed by atoms with Crippen LogP contribution >= 0.6 is 0 Å². The number of rotatable bonds is 7. The summed E-state index contributed by atoms with van der Waals surface area (Å²) in [6.45, 7) is 6.26. The van der Waals surface area contributed by atoms with Crippen molar-refractivity contribution >= 4 is 16.0 Å². The molecule has 0 N–H and O–H groups in total. The average Bonchev–Trinajstić information content (AvgIpc) is 2.55. The molecule has 0 saturated carbocycles. The van der Waals surface area contributed by atoms with Crippen LogP contribution in [0.25, 0.3) is 0 Å². The fourth-order valence-electron chi connectivity index (χ4n) is 2.43. The summed E-state index contributed by atoms with van der Waals surface area (Å²) < 4.78 is 43.1. The van der Waals surface area contributed by atoms with Crippen molar-refractivity contribution in [2.75, 3.05) is 6.54 Å². The monoisotopic (exact) mass is 379 g/mol. The number of carbonyl (C=O) groups excluding carboxylic acids is 1. The molecule has 0 bridgehead atoms. The Bertz CT molecular complexity index is 863. The first-order valence-electron chi connectivity index (χ1n) is 8.22. The zero-order valence-electron chi connectivity index (χ0n) is 15.0. The van der Waals surface area contributed by atoms with Gasteiger partial charge in [0.05, 0.1) is 0 Å². The normalized spacial score (nSPS) is 11.4. The van der Waals surface area contributed by atoms with Crippen molar-refractivity contribution in [3.63, 3.8) is 0 Å². The van der Waals surface area contributed by atoms with E-state index in [0.717, 1.165) is 24.3 Å². The lowest BCUT2D eigenvalue weighted by Gasteiger charge is -2.24. The summed E-state index contributed by atoms with van der Waals surface area (Å²) in [5.74, 6) is -0.216. The maximum atomic E-state index is 13.0. The minimum absolute atomic E-state index is 0.102. The second-order valence-corrected chi connectivity index (χ2v) is 7.94. The number of benzene rings is 2. The van der Waals surface area contributed by atoms with E-state index in [2.05, 4.69) is 0 Å². The molecule has 0 spiro atoms. The number of hydrogen-bond donors (Lipinski definition) is 0. The van der Waals surface area contributed by atoms with E-state index in [9.17, 15) is 17.6 Å². The molecule has 0 atom stereocenters. The predicted octanol–water partition coefficient (Wildman–Crippen LogP) is 3.60. The van der Waals surface area contributed by atoms with Gasteiger partial charge in [0.2, 0.25) is 5.91 Å². The number of hydrogen-bond acceptors (Lipinski definition) is 4. The van der Waals surface area contributed by atoms with E-state index < -0.39 is 15.9 Å². The van der Waals surface area contributed by atoms with Crippen LogP contribution in [0.4, 0.5) is 4.39 Å². The molecule has 7 heteroatoms. The van der Waals surface area contributed by atoms with Gasteiger partial charge < -0.3 is 9.08 Å². The van der Waals surface area contributed by atoms with Gasteiger partial charge in [-0.3, -0.25) is 4.79 Å². The standard InChI is InChI=1S/C19H22FNO4S/c1-14(2)12-21(15(3)22)13-16-6-4-5-7-19(16)25-26(23,24)18-10-8-17(20)9-11-18/h4-11,14H,12-13H2,1-3H3. The third kappa shape index (κ3) is 5.29. The Morgan fingerprint density at radius 1 is 1.12 bits per heavy atom. The van der Waals surface area contributed by atoms with Crippen LogP contribution in [-0.4, -0.2) is 25.8 Å². The summed E-state index contributed by atoms with van der Waals surface area (Å²) in [4.78, 5) is 13.4. The topological polar surface area (TPSA) is 63.7 Å². The molecule has 0 radical (unpaired) electrons. The maximum Gasteiger partial charge on any atom is 0.339 e. The van der Waals surface area contributed by atoms with Gasteiger partial charge in [-0.05, 0) is 36.2 Å². The highest BCUT2D eigenvalue weighted by Gasteiger charge is 2.20. The summed E-state index contributed by atoms with van der Waals surface area (Å²) in [6, 6.07) is 11.1. The first kappa shape index (κ1) is 19.9. The third-order valence-electron chi connectivity index (χ3n) is 3.67. The van der Waals surface area contributed by atoms with E-state index in [1.165, 1.54) is 13.0 Å². The molecule has 140 valence electrons. The number of para-hydroxylation sites is 1. The van der Waals surface area contributed by atoms with Crippen molar-refractivity contribution in [2.24, 2.45) is 5.92 Å². The highest BCUT2D eigenvalue weighted by Crippen LogP contribution is 2.25. The van der Waals surface area contributed by atoms with Crippen LogP contribution in [0.15, 0.2) is 53.4 Å². The number of amides is 1. The Labute approximate surface area is 153 Å². The van der Waals surface area contributed by atoms with Crippen LogP contribution in [0.3, 0.4) is 0 Å². The smallest absolute Gasteiger partial charge is 0.339 e. The van der Waals surface area contributed by atoms with Gasteiger partial charge in [-0.2, -0.15) is 8.42 Å². The molecular weight excluding hydrogens is 357 g/mol. The largest absolute Gasteiger partial charge is 0.379 e. The molecular formula is C19H22FNO4S. The molecule has 26 heavy (non-hydrogen) atoms. The van der Waals surface area contributed by atoms with Gasteiger partial charge in [0.15, 0.2) is 0 Å². The zero-order valence-corrected chi connectivity index (χ0v) is 15.8. The minimum Gasteiger partial charge on any atom is -0.379 e. The van der Waals surface area contributed by atoms with E-state index in [1.54, 1.807) is 23.1 Å². The average molecular weight is 379 g/mol. The molecule has 0 aliphatic rings. The van der Waals surface area contributed by atoms with E-state index >= 15 is 0 Å². The molecule has 0 saturated heterocycles. The highest BCUT2D eigenvalue weighted by atomic mass is 32.2. The Morgan fingerprint density at radius 2 is 1.73 bits per heavy atom. The number of carbonyl (C=O) groups is 1. The number of halogens is 1. The Morgan fingerprint density at radius 3 is 2.31 bits per heavy atom. The van der Waals surface area contributed by atoms with Crippen molar-refractivity contribution in [1.82, 2.24) is 4.90 Å². The van der Waals surface area contributed by atoms with Crippen LogP contribution < -0.4 is 4.18 Å². The van der Waals surface area contributed by atoms with Gasteiger partial charge in [0, 0.05) is 25.6 Å². The van der Waals surface area contributed by atoms with Crippen molar-refractivity contribution in [3.05, 3.63) is 59.9 Å². The van der Waals surface area contributed by atoms with E-state index in [4.69, 9.17) is 4.18 Å². The molecule has 2 aromatic carbocycles. The second kappa shape index (κ2) is 8.31. The summed E-state index contributed by atoms with van der Waals surface area (Å²) in [5.41, 5.74) is 0.578. The summed E-state index contributed by atoms with van der Waals surface area (Å²) in [7, 11) is -4.10. The lowest BCUT2D eigenvalue weighted by molar-refractivity contribution is -0.130. The fraction of sp³-hybridized carbons (Fsp3) is 0.316. The van der Waals surface area contributed by atoms with Crippen molar-refractivity contribution in [2.45, 2.75) is 32.2 Å². The molecule has 0 heterocycles. The van der Waals surface area contributed by atoms with Crippen molar-refractivity contribution < 1.29 is 21.8 Å². The first-order valence-corrected chi connectivity index (χ1v) is 9.63. The quantitative estimate of drug-likeness (QED) is 0.690. The molecule has 0 unspecified atom stereocenters. The Hall–Kier alpha value is -2.41. The molecule has 2 aromatic rings. The molecule has 0 aliphatic heterocycles. The first-order chi connectivity index (χ1) is 12.2. The molecule has 1 amide bonds. The van der Waals surface area contributed by atoms with Crippen LogP contribution in [0.1, 0.15) is 26.3 Å². The Balaban J connectivity index is 2.28. The van der Waals surface area contributed by atoms with Crippen molar-refractivity contribution in [1.29, 1.82) is 0 Å². The number of nitrogens with zero attached hydrogens (tertiary/aromatic N) is 1.